The van der Waals surface area contributed by atoms with Crippen LogP contribution in [0.5, 0.6) is 0 Å². The van der Waals surface area contributed by atoms with E-state index in [9.17, 15) is 0 Å². The first kappa shape index (κ1) is 8.78. The molecule has 1 aliphatic rings. The zero-order chi connectivity index (χ0) is 9.26. The number of nitrogens with one attached hydrogen (secondary N) is 1. The molecule has 3 N–H and O–H groups in total. The van der Waals surface area contributed by atoms with Crippen LogP contribution in [0.2, 0.25) is 0 Å². The summed E-state index contributed by atoms with van der Waals surface area (Å²) in [5.41, 5.74) is 4.01. The molecule has 1 saturated carbocycles. The van der Waals surface area contributed by atoms with E-state index < -0.39 is 0 Å². The third kappa shape index (κ3) is 1.92. The Labute approximate surface area is 78.3 Å². The molecule has 1 aromatic heterocycles. The maximum atomic E-state index is 5.50. The molecule has 13 heavy (non-hydrogen) atoms. The minimum absolute atomic E-state index is 0.197. The minimum atomic E-state index is 0.197. The van der Waals surface area contributed by atoms with Crippen molar-refractivity contribution in [2.45, 2.75) is 32.2 Å². The van der Waals surface area contributed by atoms with Crippen LogP contribution < -0.4 is 11.3 Å². The van der Waals surface area contributed by atoms with Crippen molar-refractivity contribution in [2.75, 3.05) is 0 Å². The molecule has 1 aromatic rings. The second-order valence-electron chi connectivity index (χ2n) is 3.87. The van der Waals surface area contributed by atoms with Gasteiger partial charge < -0.3 is 4.42 Å². The van der Waals surface area contributed by atoms with Crippen LogP contribution >= 0.6 is 0 Å². The lowest BCUT2D eigenvalue weighted by Gasteiger charge is -2.13. The van der Waals surface area contributed by atoms with Crippen molar-refractivity contribution in [3.05, 3.63) is 23.7 Å². The molecule has 0 aliphatic heterocycles. The van der Waals surface area contributed by atoms with Gasteiger partial charge in [0, 0.05) is 0 Å². The zero-order valence-corrected chi connectivity index (χ0v) is 7.92. The van der Waals surface area contributed by atoms with Gasteiger partial charge in [-0.2, -0.15) is 0 Å². The summed E-state index contributed by atoms with van der Waals surface area (Å²) in [6.07, 6.45) is 5.52. The van der Waals surface area contributed by atoms with E-state index in [4.69, 9.17) is 10.3 Å². The van der Waals surface area contributed by atoms with Gasteiger partial charge in [-0.1, -0.05) is 12.8 Å². The van der Waals surface area contributed by atoms with Crippen molar-refractivity contribution < 1.29 is 4.42 Å². The fraction of sp³-hybridized carbons (Fsp3) is 0.600. The molecule has 0 amide bonds. The molecule has 0 radical (unpaired) electrons. The van der Waals surface area contributed by atoms with Gasteiger partial charge in [0.05, 0.1) is 12.3 Å². The average Bonchev–Trinajstić information content (AvgIpc) is 2.85. The Morgan fingerprint density at radius 3 is 2.92 bits per heavy atom. The summed E-state index contributed by atoms with van der Waals surface area (Å²) >= 11 is 0. The zero-order valence-electron chi connectivity index (χ0n) is 7.92. The summed E-state index contributed by atoms with van der Waals surface area (Å²) < 4.78 is 5.40. The van der Waals surface area contributed by atoms with Gasteiger partial charge in [0.1, 0.15) is 5.76 Å². The van der Waals surface area contributed by atoms with E-state index in [1.807, 2.05) is 6.07 Å². The normalized spacial score (nSPS) is 18.9. The van der Waals surface area contributed by atoms with Crippen LogP contribution in [0.4, 0.5) is 0 Å². The number of hydrazine groups is 1. The maximum Gasteiger partial charge on any atom is 0.124 e. The van der Waals surface area contributed by atoms with E-state index >= 15 is 0 Å². The molecule has 3 nitrogen and oxygen atoms in total. The third-order valence-electron chi connectivity index (χ3n) is 2.69. The van der Waals surface area contributed by atoms with Gasteiger partial charge in [0.15, 0.2) is 0 Å². The number of hydrogen-bond acceptors (Lipinski definition) is 3. The van der Waals surface area contributed by atoms with Gasteiger partial charge in [0.2, 0.25) is 0 Å². The predicted octanol–water partition coefficient (Wildman–Crippen LogP) is 1.89. The molecule has 1 fully saturated rings. The van der Waals surface area contributed by atoms with E-state index in [-0.39, 0.29) is 6.04 Å². The largest absolute Gasteiger partial charge is 0.467 e. The third-order valence-corrected chi connectivity index (χ3v) is 2.69. The topological polar surface area (TPSA) is 51.2 Å². The summed E-state index contributed by atoms with van der Waals surface area (Å²) in [6, 6.07) is 2.18. The lowest BCUT2D eigenvalue weighted by molar-refractivity contribution is 0.385. The summed E-state index contributed by atoms with van der Waals surface area (Å²) in [5.74, 6) is 7.35. The fourth-order valence-corrected chi connectivity index (χ4v) is 1.68. The van der Waals surface area contributed by atoms with Gasteiger partial charge in [-0.3, -0.25) is 5.84 Å². The first-order valence-electron chi connectivity index (χ1n) is 4.81. The number of hydrogen-bond donors (Lipinski definition) is 2. The summed E-state index contributed by atoms with van der Waals surface area (Å²) in [5, 5.41) is 0. The molecule has 2 rings (SSSR count). The molecule has 1 unspecified atom stereocenters. The van der Waals surface area contributed by atoms with Gasteiger partial charge in [-0.25, -0.2) is 5.43 Å². The molecule has 0 spiro atoms. The molecule has 1 atom stereocenters. The smallest absolute Gasteiger partial charge is 0.124 e. The molecule has 3 heteroatoms. The average molecular weight is 180 g/mol. The highest BCUT2D eigenvalue weighted by atomic mass is 16.3. The highest BCUT2D eigenvalue weighted by molar-refractivity contribution is 5.18. The molecule has 0 saturated heterocycles. The fourth-order valence-electron chi connectivity index (χ4n) is 1.68. The number of furan rings is 1. The standard InChI is InChI=1S/C10H16N2O/c1-7-4-5-13-10(7)9(12-11)6-8-2-3-8/h4-5,8-9,12H,2-3,6,11H2,1H3. The minimum Gasteiger partial charge on any atom is -0.467 e. The van der Waals surface area contributed by atoms with Gasteiger partial charge in [-0.05, 0) is 30.9 Å². The molecule has 0 bridgehead atoms. The monoisotopic (exact) mass is 180 g/mol. The van der Waals surface area contributed by atoms with E-state index in [0.717, 1.165) is 18.1 Å². The Morgan fingerprint density at radius 1 is 1.69 bits per heavy atom. The SMILES string of the molecule is Cc1ccoc1C(CC1CC1)NN. The van der Waals surface area contributed by atoms with Gasteiger partial charge in [-0.15, -0.1) is 0 Å². The quantitative estimate of drug-likeness (QED) is 0.549. The van der Waals surface area contributed by atoms with Crippen LogP contribution in [0.25, 0.3) is 0 Å². The Bertz CT molecular complexity index is 278. The molecule has 1 heterocycles. The molecular weight excluding hydrogens is 164 g/mol. The number of aryl methyl sites for hydroxylation is 1. The highest BCUT2D eigenvalue weighted by Crippen LogP contribution is 2.38. The van der Waals surface area contributed by atoms with Crippen LogP contribution in [-0.4, -0.2) is 0 Å². The Hall–Kier alpha value is -0.800. The second kappa shape index (κ2) is 3.52. The lowest BCUT2D eigenvalue weighted by atomic mass is 10.1. The number of rotatable bonds is 4. The van der Waals surface area contributed by atoms with Crippen molar-refractivity contribution in [1.82, 2.24) is 5.43 Å². The van der Waals surface area contributed by atoms with Crippen molar-refractivity contribution in [2.24, 2.45) is 11.8 Å². The van der Waals surface area contributed by atoms with E-state index in [1.54, 1.807) is 6.26 Å². The van der Waals surface area contributed by atoms with Crippen LogP contribution in [0.3, 0.4) is 0 Å². The maximum absolute atomic E-state index is 5.50. The molecule has 1 aliphatic carbocycles. The van der Waals surface area contributed by atoms with Crippen LogP contribution in [0.1, 0.15) is 36.6 Å². The van der Waals surface area contributed by atoms with Crippen LogP contribution in [-0.2, 0) is 0 Å². The Kier molecular flexibility index (Phi) is 2.38. The lowest BCUT2D eigenvalue weighted by Crippen LogP contribution is -2.28. The van der Waals surface area contributed by atoms with Crippen molar-refractivity contribution in [1.29, 1.82) is 0 Å². The van der Waals surface area contributed by atoms with E-state index in [2.05, 4.69) is 12.3 Å². The van der Waals surface area contributed by atoms with E-state index in [1.165, 1.54) is 18.4 Å². The summed E-state index contributed by atoms with van der Waals surface area (Å²) in [7, 11) is 0. The van der Waals surface area contributed by atoms with Gasteiger partial charge >= 0.3 is 0 Å². The molecule has 0 aromatic carbocycles. The number of nitrogens with two attached hydrogens (primary N) is 1. The summed E-state index contributed by atoms with van der Waals surface area (Å²) in [4.78, 5) is 0. The summed E-state index contributed by atoms with van der Waals surface area (Å²) in [6.45, 7) is 2.05. The first-order chi connectivity index (χ1) is 6.31. The van der Waals surface area contributed by atoms with Crippen molar-refractivity contribution >= 4 is 0 Å². The molecule has 72 valence electrons. The van der Waals surface area contributed by atoms with E-state index in [0.29, 0.717) is 0 Å². The van der Waals surface area contributed by atoms with Crippen molar-refractivity contribution in [3.8, 4) is 0 Å². The predicted molar refractivity (Wildman–Crippen MR) is 50.9 cm³/mol. The van der Waals surface area contributed by atoms with Gasteiger partial charge in [0.25, 0.3) is 0 Å². The van der Waals surface area contributed by atoms with Crippen LogP contribution in [0, 0.1) is 12.8 Å². The highest BCUT2D eigenvalue weighted by Gasteiger charge is 2.27. The van der Waals surface area contributed by atoms with Crippen molar-refractivity contribution in [3.63, 3.8) is 0 Å². The van der Waals surface area contributed by atoms with Crippen LogP contribution in [0.15, 0.2) is 16.7 Å². The second-order valence-corrected chi connectivity index (χ2v) is 3.87. The molecular formula is C10H16N2O. The Balaban J connectivity index is 2.06. The Morgan fingerprint density at radius 2 is 2.46 bits per heavy atom. The first-order valence-corrected chi connectivity index (χ1v) is 4.81.